The monoisotopic (exact) mass is 403 g/mol. The zero-order chi connectivity index (χ0) is 20.6. The van der Waals surface area contributed by atoms with Crippen LogP contribution in [-0.2, 0) is 4.79 Å². The summed E-state index contributed by atoms with van der Waals surface area (Å²) in [6.07, 6.45) is 7.46. The first-order valence-corrected chi connectivity index (χ1v) is 11.1. The van der Waals surface area contributed by atoms with Gasteiger partial charge in [-0.1, -0.05) is 6.42 Å². The molecule has 2 saturated heterocycles. The van der Waals surface area contributed by atoms with Gasteiger partial charge in [0.05, 0.1) is 0 Å². The van der Waals surface area contributed by atoms with Gasteiger partial charge >= 0.3 is 0 Å². The Morgan fingerprint density at radius 1 is 1.03 bits per heavy atom. The quantitative estimate of drug-likeness (QED) is 0.710. The Balaban J connectivity index is 1.31. The van der Waals surface area contributed by atoms with Gasteiger partial charge in [-0.2, -0.15) is 0 Å². The van der Waals surface area contributed by atoms with Gasteiger partial charge in [0.1, 0.15) is 5.82 Å². The standard InChI is InChI=1S/C23H34FN3O2/c1-18-6-2-4-14-26(18)15-5-3-13-25-22(28)19-11-16-27(17-12-19)23(29)20-7-9-21(24)10-8-20/h7-10,18-19H,2-6,11-17H2,1H3,(H,25,28). The number of likely N-dealkylation sites (tertiary alicyclic amines) is 2. The van der Waals surface area contributed by atoms with E-state index in [1.165, 1.54) is 50.1 Å². The summed E-state index contributed by atoms with van der Waals surface area (Å²) in [6, 6.07) is 6.34. The van der Waals surface area contributed by atoms with Crippen LogP contribution in [0.4, 0.5) is 4.39 Å². The van der Waals surface area contributed by atoms with Crippen LogP contribution in [0.2, 0.25) is 0 Å². The number of amides is 2. The van der Waals surface area contributed by atoms with Gasteiger partial charge in [0.15, 0.2) is 0 Å². The van der Waals surface area contributed by atoms with Crippen molar-refractivity contribution in [3.05, 3.63) is 35.6 Å². The largest absolute Gasteiger partial charge is 0.356 e. The van der Waals surface area contributed by atoms with E-state index in [4.69, 9.17) is 0 Å². The van der Waals surface area contributed by atoms with Gasteiger partial charge < -0.3 is 15.1 Å². The second-order valence-corrected chi connectivity index (χ2v) is 8.45. The number of unbranched alkanes of at least 4 members (excludes halogenated alkanes) is 1. The summed E-state index contributed by atoms with van der Waals surface area (Å²) in [4.78, 5) is 29.2. The maximum Gasteiger partial charge on any atom is 0.253 e. The molecule has 1 aromatic carbocycles. The molecule has 5 nitrogen and oxygen atoms in total. The van der Waals surface area contributed by atoms with E-state index in [2.05, 4.69) is 17.1 Å². The zero-order valence-corrected chi connectivity index (χ0v) is 17.5. The summed E-state index contributed by atoms with van der Waals surface area (Å²) < 4.78 is 13.0. The van der Waals surface area contributed by atoms with Crippen molar-refractivity contribution in [2.24, 2.45) is 5.92 Å². The number of piperidine rings is 2. The van der Waals surface area contributed by atoms with Crippen LogP contribution in [0.5, 0.6) is 0 Å². The lowest BCUT2D eigenvalue weighted by atomic mass is 9.95. The maximum absolute atomic E-state index is 13.0. The Hall–Kier alpha value is -1.95. The number of nitrogens with zero attached hydrogens (tertiary/aromatic N) is 2. The lowest BCUT2D eigenvalue weighted by Gasteiger charge is -2.33. The average Bonchev–Trinajstić information content (AvgIpc) is 2.75. The number of hydrogen-bond acceptors (Lipinski definition) is 3. The molecule has 2 fully saturated rings. The molecule has 2 amide bonds. The molecule has 0 saturated carbocycles. The highest BCUT2D eigenvalue weighted by atomic mass is 19.1. The van der Waals surface area contributed by atoms with Crippen LogP contribution in [-0.4, -0.2) is 60.4 Å². The van der Waals surface area contributed by atoms with Crippen molar-refractivity contribution in [2.45, 2.75) is 57.9 Å². The zero-order valence-electron chi connectivity index (χ0n) is 17.5. The third-order valence-electron chi connectivity index (χ3n) is 6.36. The van der Waals surface area contributed by atoms with Crippen LogP contribution in [0.25, 0.3) is 0 Å². The molecule has 1 aromatic rings. The summed E-state index contributed by atoms with van der Waals surface area (Å²) in [5.41, 5.74) is 0.498. The van der Waals surface area contributed by atoms with E-state index in [1.54, 1.807) is 4.90 Å². The number of carbonyl (C=O) groups is 2. The molecule has 0 radical (unpaired) electrons. The van der Waals surface area contributed by atoms with Crippen molar-refractivity contribution in [3.8, 4) is 0 Å². The molecular weight excluding hydrogens is 369 g/mol. The summed E-state index contributed by atoms with van der Waals surface area (Å²) in [7, 11) is 0. The minimum absolute atomic E-state index is 0.0191. The average molecular weight is 404 g/mol. The molecule has 6 heteroatoms. The summed E-state index contributed by atoms with van der Waals surface area (Å²) >= 11 is 0. The molecule has 0 spiro atoms. The Kier molecular flexibility index (Phi) is 8.04. The predicted molar refractivity (Wildman–Crippen MR) is 112 cm³/mol. The number of halogens is 1. The van der Waals surface area contributed by atoms with E-state index in [0.29, 0.717) is 37.5 Å². The summed E-state index contributed by atoms with van der Waals surface area (Å²) in [6.45, 7) is 6.52. The van der Waals surface area contributed by atoms with E-state index in [9.17, 15) is 14.0 Å². The van der Waals surface area contributed by atoms with Crippen LogP contribution in [0.3, 0.4) is 0 Å². The van der Waals surface area contributed by atoms with Crippen molar-refractivity contribution in [2.75, 3.05) is 32.7 Å². The van der Waals surface area contributed by atoms with Crippen molar-refractivity contribution in [1.29, 1.82) is 0 Å². The Labute approximate surface area is 173 Å². The molecule has 1 atom stereocenters. The lowest BCUT2D eigenvalue weighted by Crippen LogP contribution is -2.43. The lowest BCUT2D eigenvalue weighted by molar-refractivity contribution is -0.126. The third kappa shape index (κ3) is 6.26. The van der Waals surface area contributed by atoms with E-state index in [1.807, 2.05) is 0 Å². The highest BCUT2D eigenvalue weighted by Crippen LogP contribution is 2.20. The molecule has 2 aliphatic rings. The van der Waals surface area contributed by atoms with Crippen LogP contribution >= 0.6 is 0 Å². The molecule has 0 bridgehead atoms. The van der Waals surface area contributed by atoms with Crippen LogP contribution in [0.1, 0.15) is 62.2 Å². The van der Waals surface area contributed by atoms with E-state index in [0.717, 1.165) is 25.9 Å². The first-order chi connectivity index (χ1) is 14.0. The van der Waals surface area contributed by atoms with Gasteiger partial charge in [0, 0.05) is 37.2 Å². The smallest absolute Gasteiger partial charge is 0.253 e. The van der Waals surface area contributed by atoms with Crippen LogP contribution in [0.15, 0.2) is 24.3 Å². The van der Waals surface area contributed by atoms with Gasteiger partial charge in [0.2, 0.25) is 5.91 Å². The molecular formula is C23H34FN3O2. The molecule has 160 valence electrons. The van der Waals surface area contributed by atoms with Crippen molar-refractivity contribution in [3.63, 3.8) is 0 Å². The fourth-order valence-electron chi connectivity index (χ4n) is 4.41. The number of carbonyl (C=O) groups excluding carboxylic acids is 2. The molecule has 29 heavy (non-hydrogen) atoms. The normalized spacial score (nSPS) is 21.2. The molecule has 3 rings (SSSR count). The van der Waals surface area contributed by atoms with Crippen molar-refractivity contribution < 1.29 is 14.0 Å². The minimum atomic E-state index is -0.345. The van der Waals surface area contributed by atoms with Crippen molar-refractivity contribution >= 4 is 11.8 Å². The summed E-state index contributed by atoms with van der Waals surface area (Å²) in [5.74, 6) is -0.335. The molecule has 1 unspecified atom stereocenters. The van der Waals surface area contributed by atoms with Crippen LogP contribution in [0, 0.1) is 11.7 Å². The van der Waals surface area contributed by atoms with E-state index in [-0.39, 0.29) is 23.5 Å². The fraction of sp³-hybridized carbons (Fsp3) is 0.652. The Morgan fingerprint density at radius 2 is 1.76 bits per heavy atom. The first-order valence-electron chi connectivity index (χ1n) is 11.1. The molecule has 2 aliphatic heterocycles. The third-order valence-corrected chi connectivity index (χ3v) is 6.36. The number of hydrogen-bond donors (Lipinski definition) is 1. The highest BCUT2D eigenvalue weighted by Gasteiger charge is 2.27. The van der Waals surface area contributed by atoms with Gasteiger partial charge in [0.25, 0.3) is 5.91 Å². The second kappa shape index (κ2) is 10.7. The molecule has 2 heterocycles. The van der Waals surface area contributed by atoms with Gasteiger partial charge in [-0.3, -0.25) is 9.59 Å². The maximum atomic E-state index is 13.0. The Morgan fingerprint density at radius 3 is 2.45 bits per heavy atom. The summed E-state index contributed by atoms with van der Waals surface area (Å²) in [5, 5.41) is 3.08. The van der Waals surface area contributed by atoms with Gasteiger partial charge in [-0.25, -0.2) is 4.39 Å². The fourth-order valence-corrected chi connectivity index (χ4v) is 4.41. The molecule has 1 N–H and O–H groups in total. The Bertz CT molecular complexity index is 671. The molecule has 0 aromatic heterocycles. The minimum Gasteiger partial charge on any atom is -0.356 e. The SMILES string of the molecule is CC1CCCCN1CCCCNC(=O)C1CCN(C(=O)c2ccc(F)cc2)CC1. The highest BCUT2D eigenvalue weighted by molar-refractivity contribution is 5.94. The topological polar surface area (TPSA) is 52.7 Å². The van der Waals surface area contributed by atoms with E-state index >= 15 is 0 Å². The molecule has 0 aliphatic carbocycles. The number of rotatable bonds is 7. The van der Waals surface area contributed by atoms with Crippen molar-refractivity contribution in [1.82, 2.24) is 15.1 Å². The number of benzene rings is 1. The first kappa shape index (κ1) is 21.8. The van der Waals surface area contributed by atoms with Crippen LogP contribution < -0.4 is 5.32 Å². The van der Waals surface area contributed by atoms with Gasteiger partial charge in [-0.15, -0.1) is 0 Å². The number of nitrogens with one attached hydrogen (secondary N) is 1. The second-order valence-electron chi connectivity index (χ2n) is 8.45. The predicted octanol–water partition coefficient (Wildman–Crippen LogP) is 3.45. The van der Waals surface area contributed by atoms with Gasteiger partial charge in [-0.05, 0) is 82.8 Å². The van der Waals surface area contributed by atoms with E-state index < -0.39 is 0 Å².